The molecule has 6 nitrogen and oxygen atoms in total. The molecule has 1 heterocycles. The van der Waals surface area contributed by atoms with E-state index < -0.39 is 0 Å². The van der Waals surface area contributed by atoms with Crippen molar-refractivity contribution in [3.05, 3.63) is 23.8 Å². The van der Waals surface area contributed by atoms with Gasteiger partial charge in [-0.15, -0.1) is 0 Å². The Morgan fingerprint density at radius 3 is 2.64 bits per heavy atom. The van der Waals surface area contributed by atoms with Gasteiger partial charge in [0.2, 0.25) is 0 Å². The zero-order valence-electron chi connectivity index (χ0n) is 13.3. The number of hydrogen-bond donors (Lipinski definition) is 2. The minimum absolute atomic E-state index is 0.0852. The van der Waals surface area contributed by atoms with Gasteiger partial charge in [-0.1, -0.05) is 0 Å². The predicted octanol–water partition coefficient (Wildman–Crippen LogP) is -0.261. The number of quaternary nitrogens is 1. The molecule has 0 spiro atoms. The molecule has 0 saturated carbocycles. The predicted molar refractivity (Wildman–Crippen MR) is 82.9 cm³/mol. The first kappa shape index (κ1) is 16.6. The lowest BCUT2D eigenvalue weighted by Crippen LogP contribution is -3.14. The highest BCUT2D eigenvalue weighted by atomic mass is 16.5. The van der Waals surface area contributed by atoms with Gasteiger partial charge in [-0.05, 0) is 18.2 Å². The molecule has 2 N–H and O–H groups in total. The molecule has 0 bridgehead atoms. The second-order valence-corrected chi connectivity index (χ2v) is 5.29. The average molecular weight is 309 g/mol. The van der Waals surface area contributed by atoms with E-state index in [1.165, 1.54) is 0 Å². The number of morpholine rings is 1. The maximum absolute atomic E-state index is 12.1. The fourth-order valence-corrected chi connectivity index (χ4v) is 2.53. The number of rotatable bonds is 7. The van der Waals surface area contributed by atoms with E-state index in [9.17, 15) is 4.79 Å². The summed E-state index contributed by atoms with van der Waals surface area (Å²) in [7, 11) is 3.14. The normalized spacial score (nSPS) is 15.4. The lowest BCUT2D eigenvalue weighted by Gasteiger charge is -2.23. The Bertz CT molecular complexity index is 487. The second kappa shape index (κ2) is 8.60. The molecule has 1 aliphatic rings. The standard InChI is InChI=1S/C16H24N2O4/c1-20-14-5-4-13(12-15(14)21-2)16(19)17-6-3-7-18-8-10-22-11-9-18/h4-5,12H,3,6-11H2,1-2H3,(H,17,19)/p+1. The van der Waals surface area contributed by atoms with Crippen molar-refractivity contribution >= 4 is 5.91 Å². The highest BCUT2D eigenvalue weighted by Crippen LogP contribution is 2.27. The molecule has 1 amide bonds. The number of hydrogen-bond acceptors (Lipinski definition) is 4. The lowest BCUT2D eigenvalue weighted by molar-refractivity contribution is -0.908. The van der Waals surface area contributed by atoms with Crippen LogP contribution in [0, 0.1) is 0 Å². The monoisotopic (exact) mass is 309 g/mol. The Kier molecular flexibility index (Phi) is 6.48. The summed E-state index contributed by atoms with van der Waals surface area (Å²) in [6, 6.07) is 5.18. The molecule has 0 atom stereocenters. The molecular weight excluding hydrogens is 284 g/mol. The van der Waals surface area contributed by atoms with Crippen molar-refractivity contribution in [3.63, 3.8) is 0 Å². The third-order valence-corrected chi connectivity index (χ3v) is 3.84. The molecule has 122 valence electrons. The Morgan fingerprint density at radius 1 is 1.23 bits per heavy atom. The largest absolute Gasteiger partial charge is 0.493 e. The van der Waals surface area contributed by atoms with Crippen molar-refractivity contribution in [2.24, 2.45) is 0 Å². The van der Waals surface area contributed by atoms with E-state index in [0.717, 1.165) is 39.3 Å². The van der Waals surface area contributed by atoms with E-state index in [1.807, 2.05) is 0 Å². The number of methoxy groups -OCH3 is 2. The fraction of sp³-hybridized carbons (Fsp3) is 0.562. The van der Waals surface area contributed by atoms with Crippen LogP contribution < -0.4 is 19.7 Å². The van der Waals surface area contributed by atoms with Crippen molar-refractivity contribution in [3.8, 4) is 11.5 Å². The number of ether oxygens (including phenoxy) is 3. The molecule has 0 aromatic heterocycles. The van der Waals surface area contributed by atoms with Crippen molar-refractivity contribution in [2.45, 2.75) is 6.42 Å². The lowest BCUT2D eigenvalue weighted by atomic mass is 10.2. The molecule has 1 aromatic carbocycles. The van der Waals surface area contributed by atoms with Gasteiger partial charge in [-0.25, -0.2) is 0 Å². The van der Waals surface area contributed by atoms with Crippen LogP contribution in [-0.2, 0) is 4.74 Å². The van der Waals surface area contributed by atoms with Crippen LogP contribution in [0.5, 0.6) is 11.5 Å². The van der Waals surface area contributed by atoms with Gasteiger partial charge in [0, 0.05) is 18.5 Å². The summed E-state index contributed by atoms with van der Waals surface area (Å²) in [6.07, 6.45) is 0.967. The van der Waals surface area contributed by atoms with Gasteiger partial charge >= 0.3 is 0 Å². The molecule has 0 radical (unpaired) electrons. The van der Waals surface area contributed by atoms with Crippen LogP contribution in [0.2, 0.25) is 0 Å². The van der Waals surface area contributed by atoms with Crippen molar-refractivity contribution < 1.29 is 23.9 Å². The van der Waals surface area contributed by atoms with Crippen molar-refractivity contribution in [2.75, 3.05) is 53.6 Å². The third kappa shape index (κ3) is 4.61. The van der Waals surface area contributed by atoms with Crippen molar-refractivity contribution in [1.82, 2.24) is 5.32 Å². The maximum atomic E-state index is 12.1. The Balaban J connectivity index is 1.77. The number of carbonyl (C=O) groups excluding carboxylic acids is 1. The summed E-state index contributed by atoms with van der Waals surface area (Å²) in [4.78, 5) is 13.7. The molecule has 6 heteroatoms. The van der Waals surface area contributed by atoms with Crippen LogP contribution in [0.4, 0.5) is 0 Å². The van der Waals surface area contributed by atoms with Crippen LogP contribution >= 0.6 is 0 Å². The van der Waals surface area contributed by atoms with Gasteiger partial charge < -0.3 is 24.4 Å². The SMILES string of the molecule is COc1ccc(C(=O)NCCC[NH+]2CCOCC2)cc1OC. The van der Waals surface area contributed by atoms with E-state index >= 15 is 0 Å². The number of nitrogens with one attached hydrogen (secondary N) is 2. The summed E-state index contributed by atoms with van der Waals surface area (Å²) < 4.78 is 15.7. The summed E-state index contributed by atoms with van der Waals surface area (Å²) in [5.74, 6) is 1.10. The van der Waals surface area contributed by atoms with Crippen molar-refractivity contribution in [1.29, 1.82) is 0 Å². The van der Waals surface area contributed by atoms with Gasteiger partial charge in [0.05, 0.1) is 34.0 Å². The topological polar surface area (TPSA) is 61.2 Å². The summed E-state index contributed by atoms with van der Waals surface area (Å²) in [6.45, 7) is 5.54. The Morgan fingerprint density at radius 2 is 1.95 bits per heavy atom. The highest BCUT2D eigenvalue weighted by molar-refractivity contribution is 5.94. The molecule has 22 heavy (non-hydrogen) atoms. The smallest absolute Gasteiger partial charge is 0.251 e. The van der Waals surface area contributed by atoms with Crippen LogP contribution in [0.3, 0.4) is 0 Å². The zero-order valence-corrected chi connectivity index (χ0v) is 13.3. The first-order valence-electron chi connectivity index (χ1n) is 7.66. The minimum atomic E-state index is -0.0852. The van der Waals surface area contributed by atoms with Gasteiger partial charge in [0.1, 0.15) is 13.1 Å². The van der Waals surface area contributed by atoms with Gasteiger partial charge in [0.25, 0.3) is 5.91 Å². The minimum Gasteiger partial charge on any atom is -0.493 e. The zero-order chi connectivity index (χ0) is 15.8. The molecular formula is C16H25N2O4+. The number of benzene rings is 1. The van der Waals surface area contributed by atoms with E-state index in [4.69, 9.17) is 14.2 Å². The number of amides is 1. The second-order valence-electron chi connectivity index (χ2n) is 5.29. The average Bonchev–Trinajstić information content (AvgIpc) is 2.58. The molecule has 1 aromatic rings. The maximum Gasteiger partial charge on any atom is 0.251 e. The van der Waals surface area contributed by atoms with Gasteiger partial charge in [-0.2, -0.15) is 0 Å². The first-order chi connectivity index (χ1) is 10.7. The number of carbonyl (C=O) groups is 1. The Labute approximate surface area is 131 Å². The first-order valence-corrected chi connectivity index (χ1v) is 7.66. The van der Waals surface area contributed by atoms with Crippen LogP contribution in [0.15, 0.2) is 18.2 Å². The van der Waals surface area contributed by atoms with Gasteiger partial charge in [0.15, 0.2) is 11.5 Å². The Hall–Kier alpha value is -1.79. The van der Waals surface area contributed by atoms with Crippen LogP contribution in [0.1, 0.15) is 16.8 Å². The molecule has 1 aliphatic heterocycles. The van der Waals surface area contributed by atoms with E-state index in [-0.39, 0.29) is 5.91 Å². The fourth-order valence-electron chi connectivity index (χ4n) is 2.53. The quantitative estimate of drug-likeness (QED) is 0.681. The van der Waals surface area contributed by atoms with E-state index in [1.54, 1.807) is 37.3 Å². The summed E-state index contributed by atoms with van der Waals surface area (Å²) in [5, 5.41) is 2.95. The highest BCUT2D eigenvalue weighted by Gasteiger charge is 2.14. The van der Waals surface area contributed by atoms with Gasteiger partial charge in [-0.3, -0.25) is 4.79 Å². The summed E-state index contributed by atoms with van der Waals surface area (Å²) in [5.41, 5.74) is 0.580. The van der Waals surface area contributed by atoms with E-state index in [2.05, 4.69) is 5.32 Å². The summed E-state index contributed by atoms with van der Waals surface area (Å²) >= 11 is 0. The van der Waals surface area contributed by atoms with E-state index in [0.29, 0.717) is 23.6 Å². The van der Waals surface area contributed by atoms with Crippen LogP contribution in [0.25, 0.3) is 0 Å². The molecule has 2 rings (SSSR count). The molecule has 1 fully saturated rings. The third-order valence-electron chi connectivity index (χ3n) is 3.84. The molecule has 0 aliphatic carbocycles. The molecule has 0 unspecified atom stereocenters. The molecule has 1 saturated heterocycles. The van der Waals surface area contributed by atoms with Crippen LogP contribution in [-0.4, -0.2) is 59.5 Å².